The summed E-state index contributed by atoms with van der Waals surface area (Å²) >= 11 is 0. The largest absolute Gasteiger partial charge is 0.497 e. The standard InChI is InChI=1S/C13H13NO2/c1-14-7-6-12(13(14)9-15)10-4-3-5-11(8-10)16-2/h3-9H,1-2H3. The van der Waals surface area contributed by atoms with E-state index >= 15 is 0 Å². The van der Waals surface area contributed by atoms with Crippen LogP contribution in [-0.2, 0) is 7.05 Å². The van der Waals surface area contributed by atoms with Crippen molar-refractivity contribution in [1.82, 2.24) is 4.57 Å². The molecule has 16 heavy (non-hydrogen) atoms. The molecule has 2 aromatic rings. The van der Waals surface area contributed by atoms with Crippen molar-refractivity contribution in [3.63, 3.8) is 0 Å². The van der Waals surface area contributed by atoms with Crippen molar-refractivity contribution >= 4 is 6.29 Å². The fourth-order valence-electron chi connectivity index (χ4n) is 1.72. The van der Waals surface area contributed by atoms with Crippen molar-refractivity contribution in [3.05, 3.63) is 42.2 Å². The average Bonchev–Trinajstić information content (AvgIpc) is 2.70. The highest BCUT2D eigenvalue weighted by atomic mass is 16.5. The molecule has 0 aliphatic heterocycles. The number of hydrogen-bond acceptors (Lipinski definition) is 2. The third-order valence-electron chi connectivity index (χ3n) is 2.61. The predicted molar refractivity (Wildman–Crippen MR) is 62.8 cm³/mol. The van der Waals surface area contributed by atoms with Crippen molar-refractivity contribution in [1.29, 1.82) is 0 Å². The Hall–Kier alpha value is -2.03. The molecule has 0 bridgehead atoms. The van der Waals surface area contributed by atoms with Crippen LogP contribution in [0.3, 0.4) is 0 Å². The maximum atomic E-state index is 11.0. The average molecular weight is 215 g/mol. The molecule has 0 atom stereocenters. The van der Waals surface area contributed by atoms with Gasteiger partial charge in [-0.2, -0.15) is 0 Å². The van der Waals surface area contributed by atoms with Crippen LogP contribution < -0.4 is 4.74 Å². The molecule has 0 saturated heterocycles. The molecule has 0 aliphatic carbocycles. The Bertz CT molecular complexity index is 514. The van der Waals surface area contributed by atoms with E-state index < -0.39 is 0 Å². The molecule has 3 nitrogen and oxygen atoms in total. The van der Waals surface area contributed by atoms with Gasteiger partial charge in [-0.1, -0.05) is 12.1 Å². The Balaban J connectivity index is 2.53. The summed E-state index contributed by atoms with van der Waals surface area (Å²) in [6.45, 7) is 0. The van der Waals surface area contributed by atoms with Crippen LogP contribution in [0.15, 0.2) is 36.5 Å². The number of ether oxygens (including phenoxy) is 1. The molecule has 1 aromatic heterocycles. The van der Waals surface area contributed by atoms with Gasteiger partial charge < -0.3 is 9.30 Å². The molecule has 1 aromatic carbocycles. The van der Waals surface area contributed by atoms with E-state index in [0.29, 0.717) is 5.69 Å². The zero-order valence-electron chi connectivity index (χ0n) is 9.31. The van der Waals surface area contributed by atoms with Crippen LogP contribution in [0.4, 0.5) is 0 Å². The first-order chi connectivity index (χ1) is 7.76. The van der Waals surface area contributed by atoms with Crippen LogP contribution in [0.25, 0.3) is 11.1 Å². The van der Waals surface area contributed by atoms with Crippen molar-refractivity contribution in [2.75, 3.05) is 7.11 Å². The summed E-state index contributed by atoms with van der Waals surface area (Å²) < 4.78 is 6.97. The molecule has 1 heterocycles. The molecule has 0 amide bonds. The van der Waals surface area contributed by atoms with Crippen LogP contribution in [0.2, 0.25) is 0 Å². The van der Waals surface area contributed by atoms with Crippen LogP contribution in [0, 0.1) is 0 Å². The molecular formula is C13H13NO2. The molecule has 0 N–H and O–H groups in total. The normalized spacial score (nSPS) is 10.1. The molecule has 82 valence electrons. The molecule has 2 rings (SSSR count). The molecular weight excluding hydrogens is 202 g/mol. The summed E-state index contributed by atoms with van der Waals surface area (Å²) in [5.41, 5.74) is 2.59. The zero-order chi connectivity index (χ0) is 11.5. The lowest BCUT2D eigenvalue weighted by atomic mass is 10.1. The maximum absolute atomic E-state index is 11.0. The van der Waals surface area contributed by atoms with E-state index in [-0.39, 0.29) is 0 Å². The van der Waals surface area contributed by atoms with Gasteiger partial charge >= 0.3 is 0 Å². The Morgan fingerprint density at radius 1 is 1.31 bits per heavy atom. The highest BCUT2D eigenvalue weighted by molar-refractivity contribution is 5.86. The number of aromatic nitrogens is 1. The summed E-state index contributed by atoms with van der Waals surface area (Å²) in [5.74, 6) is 0.790. The Kier molecular flexibility index (Phi) is 2.77. The van der Waals surface area contributed by atoms with E-state index in [0.717, 1.165) is 23.2 Å². The molecule has 0 spiro atoms. The molecule has 0 radical (unpaired) electrons. The van der Waals surface area contributed by atoms with Gasteiger partial charge in [-0.05, 0) is 23.8 Å². The van der Waals surface area contributed by atoms with Gasteiger partial charge in [-0.25, -0.2) is 0 Å². The molecule has 3 heteroatoms. The summed E-state index contributed by atoms with van der Waals surface area (Å²) in [7, 11) is 3.48. The van der Waals surface area contributed by atoms with Gasteiger partial charge in [0.2, 0.25) is 0 Å². The second kappa shape index (κ2) is 4.23. The Morgan fingerprint density at radius 3 is 2.81 bits per heavy atom. The summed E-state index contributed by atoms with van der Waals surface area (Å²) in [5, 5.41) is 0. The molecule has 0 unspecified atom stereocenters. The minimum absolute atomic E-state index is 0.674. The highest BCUT2D eigenvalue weighted by Crippen LogP contribution is 2.26. The predicted octanol–water partition coefficient (Wildman–Crippen LogP) is 2.51. The maximum Gasteiger partial charge on any atom is 0.167 e. The number of methoxy groups -OCH3 is 1. The van der Waals surface area contributed by atoms with E-state index in [2.05, 4.69) is 0 Å². The van der Waals surface area contributed by atoms with E-state index in [1.165, 1.54) is 0 Å². The number of carbonyl (C=O) groups excluding carboxylic acids is 1. The van der Waals surface area contributed by atoms with Crippen LogP contribution in [0.5, 0.6) is 5.75 Å². The second-order valence-electron chi connectivity index (χ2n) is 3.58. The SMILES string of the molecule is COc1cccc(-c2ccn(C)c2C=O)c1. The lowest BCUT2D eigenvalue weighted by Gasteiger charge is -2.04. The summed E-state index contributed by atoms with van der Waals surface area (Å²) in [6.07, 6.45) is 2.74. The minimum Gasteiger partial charge on any atom is -0.497 e. The topological polar surface area (TPSA) is 31.2 Å². The van der Waals surface area contributed by atoms with E-state index in [4.69, 9.17) is 4.74 Å². The number of aryl methyl sites for hydroxylation is 1. The third-order valence-corrected chi connectivity index (χ3v) is 2.61. The Morgan fingerprint density at radius 2 is 2.12 bits per heavy atom. The van der Waals surface area contributed by atoms with Crippen molar-refractivity contribution < 1.29 is 9.53 Å². The second-order valence-corrected chi connectivity index (χ2v) is 3.58. The number of hydrogen-bond donors (Lipinski definition) is 0. The lowest BCUT2D eigenvalue weighted by Crippen LogP contribution is -1.94. The van der Waals surface area contributed by atoms with Crippen LogP contribution in [-0.4, -0.2) is 18.0 Å². The quantitative estimate of drug-likeness (QED) is 0.737. The van der Waals surface area contributed by atoms with Crippen molar-refractivity contribution in [3.8, 4) is 16.9 Å². The lowest BCUT2D eigenvalue weighted by molar-refractivity contribution is 0.111. The van der Waals surface area contributed by atoms with Gasteiger partial charge in [0.05, 0.1) is 12.8 Å². The van der Waals surface area contributed by atoms with Crippen molar-refractivity contribution in [2.24, 2.45) is 7.05 Å². The first-order valence-electron chi connectivity index (χ1n) is 5.01. The fourth-order valence-corrected chi connectivity index (χ4v) is 1.72. The van der Waals surface area contributed by atoms with Crippen LogP contribution >= 0.6 is 0 Å². The molecule has 0 aliphatic rings. The fraction of sp³-hybridized carbons (Fsp3) is 0.154. The minimum atomic E-state index is 0.674. The van der Waals surface area contributed by atoms with Gasteiger partial charge in [0.25, 0.3) is 0 Å². The van der Waals surface area contributed by atoms with E-state index in [1.807, 2.05) is 48.1 Å². The monoisotopic (exact) mass is 215 g/mol. The Labute approximate surface area is 94.3 Å². The zero-order valence-corrected chi connectivity index (χ0v) is 9.31. The van der Waals surface area contributed by atoms with E-state index in [9.17, 15) is 4.79 Å². The van der Waals surface area contributed by atoms with Gasteiger partial charge in [0.15, 0.2) is 6.29 Å². The first kappa shape index (κ1) is 10.5. The third kappa shape index (κ3) is 1.72. The number of aldehydes is 1. The summed E-state index contributed by atoms with van der Waals surface area (Å²) in [6, 6.07) is 9.61. The van der Waals surface area contributed by atoms with Crippen LogP contribution in [0.1, 0.15) is 10.5 Å². The van der Waals surface area contributed by atoms with Gasteiger partial charge in [-0.15, -0.1) is 0 Å². The van der Waals surface area contributed by atoms with Gasteiger partial charge in [-0.3, -0.25) is 4.79 Å². The summed E-state index contributed by atoms with van der Waals surface area (Å²) in [4.78, 5) is 11.0. The molecule has 0 fully saturated rings. The smallest absolute Gasteiger partial charge is 0.167 e. The number of rotatable bonds is 3. The van der Waals surface area contributed by atoms with Gasteiger partial charge in [0.1, 0.15) is 5.75 Å². The molecule has 0 saturated carbocycles. The van der Waals surface area contributed by atoms with Crippen molar-refractivity contribution in [2.45, 2.75) is 0 Å². The highest BCUT2D eigenvalue weighted by Gasteiger charge is 2.08. The van der Waals surface area contributed by atoms with E-state index in [1.54, 1.807) is 7.11 Å². The first-order valence-corrected chi connectivity index (χ1v) is 5.01. The number of benzene rings is 1. The number of carbonyl (C=O) groups is 1. The number of nitrogens with zero attached hydrogens (tertiary/aromatic N) is 1. The van der Waals surface area contributed by atoms with Gasteiger partial charge in [0, 0.05) is 18.8 Å².